The molecule has 0 fully saturated rings. The first-order chi connectivity index (χ1) is 8.90. The average molecular weight is 321 g/mol. The molecule has 1 amide bonds. The summed E-state index contributed by atoms with van der Waals surface area (Å²) in [6, 6.07) is 5.25. The maximum Gasteiger partial charge on any atom is 0.234 e. The molecule has 0 saturated heterocycles. The summed E-state index contributed by atoms with van der Waals surface area (Å²) < 4.78 is 0. The molecule has 1 rings (SSSR count). The van der Waals surface area contributed by atoms with Gasteiger partial charge in [0.15, 0.2) is 0 Å². The molecule has 0 aliphatic heterocycles. The number of rotatable bonds is 7. The highest BCUT2D eigenvalue weighted by Crippen LogP contribution is 2.30. The Morgan fingerprint density at radius 1 is 1.42 bits per heavy atom. The fourth-order valence-corrected chi connectivity index (χ4v) is 3.09. The van der Waals surface area contributed by atoms with Crippen molar-refractivity contribution in [2.75, 3.05) is 5.75 Å². The number of hydrogen-bond acceptors (Lipinski definition) is 3. The third kappa shape index (κ3) is 6.04. The molecule has 0 aliphatic rings. The third-order valence-corrected chi connectivity index (χ3v) is 4.20. The van der Waals surface area contributed by atoms with Gasteiger partial charge in [0.2, 0.25) is 5.91 Å². The van der Waals surface area contributed by atoms with Crippen LogP contribution in [0.25, 0.3) is 0 Å². The molecule has 0 heterocycles. The summed E-state index contributed by atoms with van der Waals surface area (Å²) in [6.45, 7) is 3.97. The first-order valence-electron chi connectivity index (χ1n) is 6.03. The number of benzene rings is 1. The van der Waals surface area contributed by atoms with E-state index in [1.807, 2.05) is 19.9 Å². The van der Waals surface area contributed by atoms with Crippen LogP contribution in [0.5, 0.6) is 0 Å². The minimum Gasteiger partial charge on any atom is -0.368 e. The molecule has 3 N–H and O–H groups in total. The van der Waals surface area contributed by atoms with Crippen molar-refractivity contribution >= 4 is 40.9 Å². The molecule has 0 aliphatic carbocycles. The van der Waals surface area contributed by atoms with Crippen LogP contribution in [0.2, 0.25) is 10.0 Å². The molecule has 3 nitrogen and oxygen atoms in total. The van der Waals surface area contributed by atoms with Crippen LogP contribution in [-0.2, 0) is 4.79 Å². The number of amides is 1. The van der Waals surface area contributed by atoms with Gasteiger partial charge in [0.1, 0.15) is 0 Å². The minimum absolute atomic E-state index is 0.220. The number of carbonyl (C=O) groups is 1. The Kier molecular flexibility index (Phi) is 7.00. The zero-order chi connectivity index (χ0) is 14.4. The standard InChI is InChI=1S/C13H18Cl2N2OS/c1-8(2)17-11(13(16)18)5-6-19-12-7-9(14)3-4-10(12)15/h3-4,7-8,11,17H,5-6H2,1-2H3,(H2,16,18). The van der Waals surface area contributed by atoms with Crippen molar-refractivity contribution in [3.8, 4) is 0 Å². The molecular formula is C13H18Cl2N2OS. The van der Waals surface area contributed by atoms with Gasteiger partial charge in [0, 0.05) is 21.7 Å². The second kappa shape index (κ2) is 8.00. The van der Waals surface area contributed by atoms with Gasteiger partial charge in [-0.3, -0.25) is 4.79 Å². The Morgan fingerprint density at radius 2 is 2.11 bits per heavy atom. The van der Waals surface area contributed by atoms with E-state index in [4.69, 9.17) is 28.9 Å². The third-order valence-electron chi connectivity index (χ3n) is 2.44. The maximum atomic E-state index is 11.3. The van der Waals surface area contributed by atoms with E-state index in [-0.39, 0.29) is 18.0 Å². The Labute approximate surface area is 128 Å². The molecule has 0 radical (unpaired) electrons. The minimum atomic E-state index is -0.327. The van der Waals surface area contributed by atoms with E-state index in [9.17, 15) is 4.79 Å². The lowest BCUT2D eigenvalue weighted by Gasteiger charge is -2.18. The number of nitrogens with one attached hydrogen (secondary N) is 1. The van der Waals surface area contributed by atoms with Crippen LogP contribution in [0.3, 0.4) is 0 Å². The summed E-state index contributed by atoms with van der Waals surface area (Å²) in [7, 11) is 0. The van der Waals surface area contributed by atoms with E-state index in [2.05, 4.69) is 5.32 Å². The van der Waals surface area contributed by atoms with E-state index in [1.54, 1.807) is 23.9 Å². The zero-order valence-corrected chi connectivity index (χ0v) is 13.3. The molecule has 19 heavy (non-hydrogen) atoms. The molecule has 0 spiro atoms. The number of halogens is 2. The fraction of sp³-hybridized carbons (Fsp3) is 0.462. The number of primary amides is 1. The molecule has 0 saturated carbocycles. The van der Waals surface area contributed by atoms with Gasteiger partial charge < -0.3 is 11.1 Å². The summed E-state index contributed by atoms with van der Waals surface area (Å²) in [4.78, 5) is 12.2. The molecule has 6 heteroatoms. The van der Waals surface area contributed by atoms with Gasteiger partial charge in [0.05, 0.1) is 11.1 Å². The number of hydrogen-bond donors (Lipinski definition) is 2. The van der Waals surface area contributed by atoms with Crippen molar-refractivity contribution in [3.63, 3.8) is 0 Å². The van der Waals surface area contributed by atoms with Crippen molar-refractivity contribution in [1.29, 1.82) is 0 Å². The smallest absolute Gasteiger partial charge is 0.234 e. The van der Waals surface area contributed by atoms with Crippen molar-refractivity contribution in [1.82, 2.24) is 5.32 Å². The Morgan fingerprint density at radius 3 is 2.68 bits per heavy atom. The van der Waals surface area contributed by atoms with Crippen LogP contribution in [-0.4, -0.2) is 23.7 Å². The van der Waals surface area contributed by atoms with Gasteiger partial charge >= 0.3 is 0 Å². The Balaban J connectivity index is 2.52. The highest BCUT2D eigenvalue weighted by Gasteiger charge is 2.15. The molecule has 1 aromatic carbocycles. The largest absolute Gasteiger partial charge is 0.368 e. The van der Waals surface area contributed by atoms with Gasteiger partial charge in [-0.05, 0) is 24.6 Å². The summed E-state index contributed by atoms with van der Waals surface area (Å²) in [5, 5.41) is 4.46. The van der Waals surface area contributed by atoms with E-state index in [0.717, 1.165) is 10.6 Å². The molecule has 1 aromatic rings. The van der Waals surface area contributed by atoms with E-state index < -0.39 is 0 Å². The highest BCUT2D eigenvalue weighted by atomic mass is 35.5. The van der Waals surface area contributed by atoms with Gasteiger partial charge in [-0.15, -0.1) is 11.8 Å². The molecule has 0 bridgehead atoms. The van der Waals surface area contributed by atoms with Crippen LogP contribution < -0.4 is 11.1 Å². The van der Waals surface area contributed by atoms with Gasteiger partial charge in [-0.2, -0.15) is 0 Å². The van der Waals surface area contributed by atoms with Crippen LogP contribution in [0.15, 0.2) is 23.1 Å². The van der Waals surface area contributed by atoms with Gasteiger partial charge in [0.25, 0.3) is 0 Å². The van der Waals surface area contributed by atoms with Crippen molar-refractivity contribution in [2.24, 2.45) is 5.73 Å². The SMILES string of the molecule is CC(C)NC(CCSc1cc(Cl)ccc1Cl)C(N)=O. The van der Waals surface area contributed by atoms with Gasteiger partial charge in [-0.25, -0.2) is 0 Å². The summed E-state index contributed by atoms with van der Waals surface area (Å²) >= 11 is 13.6. The summed E-state index contributed by atoms with van der Waals surface area (Å²) in [6.07, 6.45) is 0.654. The summed E-state index contributed by atoms with van der Waals surface area (Å²) in [5.41, 5.74) is 5.36. The number of thioether (sulfide) groups is 1. The molecule has 0 aromatic heterocycles. The van der Waals surface area contributed by atoms with Crippen LogP contribution in [0.1, 0.15) is 20.3 Å². The molecule has 1 unspecified atom stereocenters. The van der Waals surface area contributed by atoms with E-state index >= 15 is 0 Å². The average Bonchev–Trinajstić information content (AvgIpc) is 2.31. The van der Waals surface area contributed by atoms with Crippen LogP contribution in [0.4, 0.5) is 0 Å². The van der Waals surface area contributed by atoms with Gasteiger partial charge in [-0.1, -0.05) is 37.0 Å². The number of carbonyl (C=O) groups excluding carboxylic acids is 1. The first-order valence-corrected chi connectivity index (χ1v) is 7.77. The van der Waals surface area contributed by atoms with Crippen LogP contribution >= 0.6 is 35.0 Å². The quantitative estimate of drug-likeness (QED) is 0.758. The summed E-state index contributed by atoms with van der Waals surface area (Å²) in [5.74, 6) is 0.416. The first kappa shape index (κ1) is 16.6. The number of nitrogens with two attached hydrogens (primary N) is 1. The fourth-order valence-electron chi connectivity index (χ4n) is 1.58. The predicted octanol–water partition coefficient (Wildman–Crippen LogP) is 3.33. The van der Waals surface area contributed by atoms with Crippen molar-refractivity contribution in [3.05, 3.63) is 28.2 Å². The second-order valence-corrected chi connectivity index (χ2v) is 6.47. The Bertz CT molecular complexity index is 441. The monoisotopic (exact) mass is 320 g/mol. The van der Waals surface area contributed by atoms with Crippen molar-refractivity contribution in [2.45, 2.75) is 37.2 Å². The van der Waals surface area contributed by atoms with Crippen molar-refractivity contribution < 1.29 is 4.79 Å². The molecular weight excluding hydrogens is 303 g/mol. The van der Waals surface area contributed by atoms with E-state index in [0.29, 0.717) is 16.5 Å². The topological polar surface area (TPSA) is 55.1 Å². The lowest BCUT2D eigenvalue weighted by Crippen LogP contribution is -2.44. The lowest BCUT2D eigenvalue weighted by atomic mass is 10.2. The van der Waals surface area contributed by atoms with Crippen LogP contribution in [0, 0.1) is 0 Å². The zero-order valence-electron chi connectivity index (χ0n) is 11.0. The van der Waals surface area contributed by atoms with E-state index in [1.165, 1.54) is 0 Å². The molecule has 106 valence electrons. The second-order valence-electron chi connectivity index (χ2n) is 4.49. The predicted molar refractivity (Wildman–Crippen MR) is 83.1 cm³/mol. The highest BCUT2D eigenvalue weighted by molar-refractivity contribution is 7.99. The maximum absolute atomic E-state index is 11.3. The lowest BCUT2D eigenvalue weighted by molar-refractivity contribution is -0.120. The molecule has 1 atom stereocenters. The normalized spacial score (nSPS) is 12.7. The Hall–Kier alpha value is -0.420.